The van der Waals surface area contributed by atoms with Crippen molar-refractivity contribution >= 4 is 23.3 Å². The van der Waals surface area contributed by atoms with Gasteiger partial charge in [-0.15, -0.1) is 0 Å². The van der Waals surface area contributed by atoms with E-state index >= 15 is 0 Å². The van der Waals surface area contributed by atoms with E-state index in [-0.39, 0.29) is 0 Å². The lowest BCUT2D eigenvalue weighted by Crippen LogP contribution is -2.63. The molecule has 0 spiro atoms. The molecule has 1 nitrogen and oxygen atoms in total. The van der Waals surface area contributed by atoms with Crippen molar-refractivity contribution < 1.29 is 4.80 Å². The van der Waals surface area contributed by atoms with Crippen LogP contribution in [-0.2, 0) is 0 Å². The summed E-state index contributed by atoms with van der Waals surface area (Å²) in [4.78, 5) is 9.95. The zero-order valence-corrected chi connectivity index (χ0v) is 11.2. The summed E-state index contributed by atoms with van der Waals surface area (Å²) < 4.78 is 0. The number of hydrogen-bond donors (Lipinski definition) is 1. The van der Waals surface area contributed by atoms with Gasteiger partial charge in [0.05, 0.1) is 7.11 Å². The van der Waals surface area contributed by atoms with E-state index in [2.05, 4.69) is 39.3 Å². The molecule has 0 aliphatic rings. The van der Waals surface area contributed by atoms with Gasteiger partial charge < -0.3 is 4.80 Å². The Kier molecular flexibility index (Phi) is 3.10. The second kappa shape index (κ2) is 2.92. The highest BCUT2D eigenvalue weighted by atomic mass is 29.6. The molecule has 0 bridgehead atoms. The largest absolute Gasteiger partial charge is 0.435 e. The molecule has 0 aromatic carbocycles. The second-order valence-electron chi connectivity index (χ2n) is 4.44. The van der Waals surface area contributed by atoms with E-state index in [1.54, 1.807) is 0 Å². The molecule has 0 aliphatic heterocycles. The Morgan fingerprint density at radius 2 is 1.30 bits per heavy atom. The smallest absolute Gasteiger partial charge is 0.166 e. The van der Waals surface area contributed by atoms with Crippen molar-refractivity contribution in [3.8, 4) is 0 Å². The third-order valence-corrected chi connectivity index (χ3v) is 38.7. The fourth-order valence-electron chi connectivity index (χ4n) is 0.706. The fraction of sp³-hybridized carbons (Fsp3) is 1.00. The molecular formula is C6H20OSi3. The van der Waals surface area contributed by atoms with Crippen molar-refractivity contribution in [2.45, 2.75) is 39.3 Å². The summed E-state index contributed by atoms with van der Waals surface area (Å²) in [6.07, 6.45) is 0. The molecule has 0 amide bonds. The molecule has 0 aromatic rings. The van der Waals surface area contributed by atoms with Crippen molar-refractivity contribution in [3.63, 3.8) is 0 Å². The van der Waals surface area contributed by atoms with Gasteiger partial charge in [0, 0.05) is 8.31 Å². The SMILES string of the molecule is C[SiH](C)[Si](C)(C)[Si](C)(C)O. The van der Waals surface area contributed by atoms with E-state index in [1.807, 2.05) is 0 Å². The van der Waals surface area contributed by atoms with Crippen LogP contribution in [0.5, 0.6) is 0 Å². The van der Waals surface area contributed by atoms with Crippen LogP contribution in [0.2, 0.25) is 39.3 Å². The molecule has 1 N–H and O–H groups in total. The van der Waals surface area contributed by atoms with Crippen LogP contribution >= 0.6 is 0 Å². The average molecular weight is 192 g/mol. The highest BCUT2D eigenvalue weighted by molar-refractivity contribution is 7.62. The summed E-state index contributed by atoms with van der Waals surface area (Å²) in [5, 5.41) is 0. The van der Waals surface area contributed by atoms with Gasteiger partial charge in [0.15, 0.2) is 7.83 Å². The van der Waals surface area contributed by atoms with Crippen LogP contribution in [0.4, 0.5) is 0 Å². The van der Waals surface area contributed by atoms with Crippen LogP contribution in [0.25, 0.3) is 0 Å². The summed E-state index contributed by atoms with van der Waals surface area (Å²) in [6, 6.07) is 0. The molecule has 0 saturated carbocycles. The molecule has 10 heavy (non-hydrogen) atoms. The second-order valence-corrected chi connectivity index (χ2v) is 30.4. The maximum absolute atomic E-state index is 9.95. The highest BCUT2D eigenvalue weighted by Crippen LogP contribution is 2.18. The topological polar surface area (TPSA) is 20.2 Å². The number of rotatable bonds is 2. The molecule has 0 saturated heterocycles. The van der Waals surface area contributed by atoms with Gasteiger partial charge in [0.1, 0.15) is 0 Å². The zero-order valence-electron chi connectivity index (χ0n) is 8.02. The molecule has 0 rings (SSSR count). The zero-order chi connectivity index (χ0) is 8.58. The van der Waals surface area contributed by atoms with Gasteiger partial charge in [-0.3, -0.25) is 0 Å². The van der Waals surface area contributed by atoms with E-state index < -0.39 is 23.3 Å². The minimum absolute atomic E-state index is 0.554. The standard InChI is InChI=1S/C6H20OSi3/c1-8(2)10(5,6)9(3,4)7/h7-8H,1-6H3. The normalized spacial score (nSPS) is 14.4. The molecule has 0 atom stereocenters. The highest BCUT2D eigenvalue weighted by Gasteiger charge is 2.42. The molecule has 0 aliphatic carbocycles. The van der Waals surface area contributed by atoms with E-state index in [1.165, 1.54) is 0 Å². The van der Waals surface area contributed by atoms with Gasteiger partial charge in [-0.2, -0.15) is 0 Å². The van der Waals surface area contributed by atoms with Gasteiger partial charge in [-0.05, 0) is 13.1 Å². The van der Waals surface area contributed by atoms with Gasteiger partial charge in [-0.25, -0.2) is 0 Å². The monoisotopic (exact) mass is 192 g/mol. The van der Waals surface area contributed by atoms with Crippen molar-refractivity contribution in [2.75, 3.05) is 0 Å². The average Bonchev–Trinajstić information content (AvgIpc) is 1.62. The lowest BCUT2D eigenvalue weighted by atomic mass is 11.9. The van der Waals surface area contributed by atoms with Gasteiger partial charge in [0.25, 0.3) is 0 Å². The third kappa shape index (κ3) is 2.05. The summed E-state index contributed by atoms with van der Waals surface area (Å²) in [5.41, 5.74) is 0. The van der Waals surface area contributed by atoms with Crippen LogP contribution in [-0.4, -0.2) is 28.1 Å². The summed E-state index contributed by atoms with van der Waals surface area (Å²) in [6.45, 7) is 13.7. The van der Waals surface area contributed by atoms with Crippen LogP contribution in [0.1, 0.15) is 0 Å². The fourth-order valence-corrected chi connectivity index (χ4v) is 19.1. The Balaban J connectivity index is 4.40. The molecule has 0 fully saturated rings. The van der Waals surface area contributed by atoms with Crippen LogP contribution in [0, 0.1) is 0 Å². The van der Waals surface area contributed by atoms with Crippen molar-refractivity contribution in [3.05, 3.63) is 0 Å². The van der Waals surface area contributed by atoms with Gasteiger partial charge in [0.2, 0.25) is 0 Å². The molecule has 4 heteroatoms. The first-order chi connectivity index (χ1) is 4.19. The van der Waals surface area contributed by atoms with Crippen LogP contribution < -0.4 is 0 Å². The third-order valence-electron chi connectivity index (χ3n) is 3.02. The van der Waals surface area contributed by atoms with Crippen molar-refractivity contribution in [1.82, 2.24) is 0 Å². The Bertz CT molecular complexity index is 115. The molecule has 0 unspecified atom stereocenters. The molecule has 0 radical (unpaired) electrons. The van der Waals surface area contributed by atoms with Crippen LogP contribution in [0.15, 0.2) is 0 Å². The Hall–Kier alpha value is 0.611. The predicted octanol–water partition coefficient (Wildman–Crippen LogP) is 1.54. The van der Waals surface area contributed by atoms with E-state index in [4.69, 9.17) is 0 Å². The summed E-state index contributed by atoms with van der Waals surface area (Å²) >= 11 is 0. The summed E-state index contributed by atoms with van der Waals surface area (Å²) in [5.74, 6) is 0. The van der Waals surface area contributed by atoms with E-state index in [9.17, 15) is 4.80 Å². The first-order valence-electron chi connectivity index (χ1n) is 3.92. The lowest BCUT2D eigenvalue weighted by molar-refractivity contribution is 0.574. The van der Waals surface area contributed by atoms with Crippen molar-refractivity contribution in [2.24, 2.45) is 0 Å². The van der Waals surface area contributed by atoms with Crippen LogP contribution in [0.3, 0.4) is 0 Å². The Morgan fingerprint density at radius 3 is 1.30 bits per heavy atom. The minimum Gasteiger partial charge on any atom is -0.435 e. The van der Waals surface area contributed by atoms with Crippen molar-refractivity contribution in [1.29, 1.82) is 0 Å². The Labute approximate surface area is 67.8 Å². The maximum Gasteiger partial charge on any atom is 0.166 e. The predicted molar refractivity (Wildman–Crippen MR) is 56.1 cm³/mol. The molecule has 0 aromatic heterocycles. The van der Waals surface area contributed by atoms with Gasteiger partial charge >= 0.3 is 0 Å². The number of hydrogen-bond acceptors (Lipinski definition) is 1. The van der Waals surface area contributed by atoms with Gasteiger partial charge in [-0.1, -0.05) is 26.2 Å². The summed E-state index contributed by atoms with van der Waals surface area (Å²) in [7, 11) is -3.45. The quantitative estimate of drug-likeness (QED) is 0.658. The first-order valence-corrected chi connectivity index (χ1v) is 15.0. The molecular weight excluding hydrogens is 172 g/mol. The lowest BCUT2D eigenvalue weighted by Gasteiger charge is -2.36. The molecule has 62 valence electrons. The first kappa shape index (κ1) is 10.6. The Morgan fingerprint density at radius 1 is 1.00 bits per heavy atom. The molecule has 0 heterocycles. The minimum atomic E-state index is -1.75. The maximum atomic E-state index is 9.95. The van der Waals surface area contributed by atoms with E-state index in [0.29, 0.717) is 0 Å². The van der Waals surface area contributed by atoms with E-state index in [0.717, 1.165) is 0 Å².